The Morgan fingerprint density at radius 1 is 1.38 bits per heavy atom. The van der Waals surface area contributed by atoms with Gasteiger partial charge in [-0.05, 0) is 24.1 Å². The third-order valence-electron chi connectivity index (χ3n) is 2.26. The Morgan fingerprint density at radius 2 is 2.06 bits per heavy atom. The van der Waals surface area contributed by atoms with Crippen LogP contribution in [0.25, 0.3) is 0 Å². The fraction of sp³-hybridized carbons (Fsp3) is 0.200. The molecule has 0 unspecified atom stereocenters. The minimum absolute atomic E-state index is 0.213. The third-order valence-corrected chi connectivity index (χ3v) is 2.26. The monoisotopic (exact) mass is 220 g/mol. The van der Waals surface area contributed by atoms with E-state index in [1.54, 1.807) is 24.3 Å². The number of nitrogens with zero attached hydrogens (tertiary/aromatic N) is 1. The predicted molar refractivity (Wildman–Crippen MR) is 57.9 cm³/mol. The first kappa shape index (κ1) is 10.4. The van der Waals surface area contributed by atoms with E-state index >= 15 is 0 Å². The predicted octanol–water partition coefficient (Wildman–Crippen LogP) is 0.0461. The molecule has 1 aromatic carbocycles. The van der Waals surface area contributed by atoms with E-state index in [-0.39, 0.29) is 17.5 Å². The van der Waals surface area contributed by atoms with Gasteiger partial charge in [-0.25, -0.2) is 9.89 Å². The van der Waals surface area contributed by atoms with E-state index < -0.39 is 0 Å². The van der Waals surface area contributed by atoms with E-state index in [4.69, 9.17) is 10.8 Å². The largest absolute Gasteiger partial charge is 0.508 e. The van der Waals surface area contributed by atoms with Gasteiger partial charge in [0.1, 0.15) is 11.6 Å². The number of nitrogens with two attached hydrogens (primary N) is 1. The first-order valence-corrected chi connectivity index (χ1v) is 4.83. The first-order chi connectivity index (χ1) is 7.65. The van der Waals surface area contributed by atoms with Crippen molar-refractivity contribution in [1.82, 2.24) is 15.2 Å². The van der Waals surface area contributed by atoms with Crippen LogP contribution in [-0.4, -0.2) is 20.3 Å². The van der Waals surface area contributed by atoms with Gasteiger partial charge >= 0.3 is 5.69 Å². The Kier molecular flexibility index (Phi) is 2.74. The van der Waals surface area contributed by atoms with Crippen LogP contribution >= 0.6 is 0 Å². The van der Waals surface area contributed by atoms with Crippen molar-refractivity contribution in [3.8, 4) is 5.75 Å². The lowest BCUT2D eigenvalue weighted by molar-refractivity contribution is 0.475. The third kappa shape index (κ3) is 2.29. The second kappa shape index (κ2) is 4.19. The standard InChI is InChI=1S/C10H12N4O2/c11-8(9-12-10(16)14-13-9)5-6-1-3-7(15)4-2-6/h1-4,8,15H,5,11H2,(H2,12,13,14,16)/t8-/m0/s1. The smallest absolute Gasteiger partial charge is 0.340 e. The van der Waals surface area contributed by atoms with Gasteiger partial charge in [-0.1, -0.05) is 12.1 Å². The lowest BCUT2D eigenvalue weighted by Crippen LogP contribution is -2.16. The number of benzene rings is 1. The van der Waals surface area contributed by atoms with E-state index in [0.717, 1.165) is 5.56 Å². The van der Waals surface area contributed by atoms with Crippen molar-refractivity contribution in [3.63, 3.8) is 0 Å². The molecule has 0 saturated heterocycles. The molecule has 6 heteroatoms. The summed E-state index contributed by atoms with van der Waals surface area (Å²) >= 11 is 0. The molecule has 1 heterocycles. The Bertz CT molecular complexity index is 514. The molecule has 0 radical (unpaired) electrons. The number of nitrogens with one attached hydrogen (secondary N) is 2. The number of aromatic nitrogens is 3. The van der Waals surface area contributed by atoms with Crippen LogP contribution in [0, 0.1) is 0 Å². The quantitative estimate of drug-likeness (QED) is 0.586. The molecule has 2 rings (SSSR count). The van der Waals surface area contributed by atoms with Gasteiger partial charge in [-0.2, -0.15) is 5.10 Å². The summed E-state index contributed by atoms with van der Waals surface area (Å²) in [6.45, 7) is 0. The van der Waals surface area contributed by atoms with Crippen LogP contribution in [0.2, 0.25) is 0 Å². The van der Waals surface area contributed by atoms with Crippen LogP contribution in [0.5, 0.6) is 5.75 Å². The molecule has 1 aromatic heterocycles. The van der Waals surface area contributed by atoms with Crippen molar-refractivity contribution in [2.45, 2.75) is 12.5 Å². The average molecular weight is 220 g/mol. The maximum atomic E-state index is 10.8. The maximum absolute atomic E-state index is 10.8. The van der Waals surface area contributed by atoms with Crippen LogP contribution in [0.4, 0.5) is 0 Å². The molecule has 0 aliphatic heterocycles. The fourth-order valence-electron chi connectivity index (χ4n) is 1.44. The number of phenolic OH excluding ortho intramolecular Hbond substituents is 1. The van der Waals surface area contributed by atoms with E-state index in [2.05, 4.69) is 15.2 Å². The number of rotatable bonds is 3. The molecule has 16 heavy (non-hydrogen) atoms. The van der Waals surface area contributed by atoms with Gasteiger partial charge in [0, 0.05) is 0 Å². The molecular weight excluding hydrogens is 208 g/mol. The summed E-state index contributed by atoms with van der Waals surface area (Å²) in [6.07, 6.45) is 0.543. The fourth-order valence-corrected chi connectivity index (χ4v) is 1.44. The lowest BCUT2D eigenvalue weighted by Gasteiger charge is -2.07. The van der Waals surface area contributed by atoms with Gasteiger partial charge in [-0.3, -0.25) is 4.98 Å². The molecule has 0 fully saturated rings. The highest BCUT2D eigenvalue weighted by Crippen LogP contribution is 2.14. The second-order valence-electron chi connectivity index (χ2n) is 3.54. The molecular formula is C10H12N4O2. The number of hydrogen-bond acceptors (Lipinski definition) is 4. The van der Waals surface area contributed by atoms with Crippen LogP contribution in [0.1, 0.15) is 17.4 Å². The molecule has 1 atom stereocenters. The van der Waals surface area contributed by atoms with Gasteiger partial charge in [0.25, 0.3) is 0 Å². The normalized spacial score (nSPS) is 12.6. The molecule has 0 amide bonds. The second-order valence-corrected chi connectivity index (χ2v) is 3.54. The van der Waals surface area contributed by atoms with E-state index in [1.807, 2.05) is 0 Å². The molecule has 84 valence electrons. The Hall–Kier alpha value is -2.08. The van der Waals surface area contributed by atoms with Gasteiger partial charge in [0.05, 0.1) is 6.04 Å². The minimum Gasteiger partial charge on any atom is -0.508 e. The highest BCUT2D eigenvalue weighted by Gasteiger charge is 2.10. The summed E-state index contributed by atoms with van der Waals surface area (Å²) < 4.78 is 0. The van der Waals surface area contributed by atoms with Gasteiger partial charge in [0.2, 0.25) is 0 Å². The number of aromatic amines is 2. The van der Waals surface area contributed by atoms with E-state index in [9.17, 15) is 4.79 Å². The molecule has 0 aliphatic rings. The van der Waals surface area contributed by atoms with E-state index in [0.29, 0.717) is 12.2 Å². The first-order valence-electron chi connectivity index (χ1n) is 4.83. The Balaban J connectivity index is 2.10. The van der Waals surface area contributed by atoms with Crippen LogP contribution < -0.4 is 11.4 Å². The van der Waals surface area contributed by atoms with Crippen LogP contribution in [-0.2, 0) is 6.42 Å². The van der Waals surface area contributed by atoms with Crippen molar-refractivity contribution in [1.29, 1.82) is 0 Å². The number of aromatic hydroxyl groups is 1. The molecule has 0 spiro atoms. The molecule has 0 bridgehead atoms. The zero-order valence-electron chi connectivity index (χ0n) is 8.47. The van der Waals surface area contributed by atoms with Crippen LogP contribution in [0.3, 0.4) is 0 Å². The van der Waals surface area contributed by atoms with Gasteiger partial charge in [-0.15, -0.1) is 0 Å². The van der Waals surface area contributed by atoms with Crippen molar-refractivity contribution in [2.75, 3.05) is 0 Å². The summed E-state index contributed by atoms with van der Waals surface area (Å²) in [5, 5.41) is 15.1. The zero-order chi connectivity index (χ0) is 11.5. The average Bonchev–Trinajstić information content (AvgIpc) is 2.68. The number of phenols is 1. The zero-order valence-corrected chi connectivity index (χ0v) is 8.47. The topological polar surface area (TPSA) is 108 Å². The van der Waals surface area contributed by atoms with Gasteiger partial charge in [0.15, 0.2) is 0 Å². The molecule has 2 aromatic rings. The van der Waals surface area contributed by atoms with Crippen LogP contribution in [0.15, 0.2) is 29.1 Å². The highest BCUT2D eigenvalue weighted by atomic mass is 16.3. The van der Waals surface area contributed by atoms with Crippen molar-refractivity contribution in [3.05, 3.63) is 46.1 Å². The SMILES string of the molecule is N[C@@H](Cc1ccc(O)cc1)c1n[nH]c(=O)[nH]1. The highest BCUT2D eigenvalue weighted by molar-refractivity contribution is 5.26. The summed E-state index contributed by atoms with van der Waals surface area (Å²) in [6, 6.07) is 6.37. The van der Waals surface area contributed by atoms with Crippen molar-refractivity contribution >= 4 is 0 Å². The summed E-state index contributed by atoms with van der Waals surface area (Å²) in [5.74, 6) is 0.642. The number of H-pyrrole nitrogens is 2. The summed E-state index contributed by atoms with van der Waals surface area (Å²) in [7, 11) is 0. The molecule has 0 aliphatic carbocycles. The summed E-state index contributed by atoms with van der Waals surface area (Å²) in [4.78, 5) is 13.3. The van der Waals surface area contributed by atoms with Crippen molar-refractivity contribution < 1.29 is 5.11 Å². The lowest BCUT2D eigenvalue weighted by atomic mass is 10.1. The number of hydrogen-bond donors (Lipinski definition) is 4. The summed E-state index contributed by atoms with van der Waals surface area (Å²) in [5.41, 5.74) is 6.47. The minimum atomic E-state index is -0.372. The van der Waals surface area contributed by atoms with E-state index in [1.165, 1.54) is 0 Å². The molecule has 0 saturated carbocycles. The van der Waals surface area contributed by atoms with Crippen molar-refractivity contribution in [2.24, 2.45) is 5.73 Å². The van der Waals surface area contributed by atoms with Gasteiger partial charge < -0.3 is 10.8 Å². The Labute approximate surface area is 91.1 Å². The Morgan fingerprint density at radius 3 is 2.62 bits per heavy atom. The molecule has 5 N–H and O–H groups in total. The maximum Gasteiger partial charge on any atom is 0.340 e. The molecule has 6 nitrogen and oxygen atoms in total.